The zero-order chi connectivity index (χ0) is 35.3. The number of benzene rings is 8. The molecule has 0 bridgehead atoms. The van der Waals surface area contributed by atoms with Gasteiger partial charge < -0.3 is 13.4 Å². The van der Waals surface area contributed by atoms with Crippen molar-refractivity contribution in [3.8, 4) is 33.6 Å². The van der Waals surface area contributed by atoms with E-state index in [0.717, 1.165) is 83.2 Å². The maximum atomic E-state index is 6.54. The number of hydrogen-bond donors (Lipinski definition) is 0. The lowest BCUT2D eigenvalue weighted by Crippen LogP contribution is -1.95. The third-order valence-electron chi connectivity index (χ3n) is 11.1. The van der Waals surface area contributed by atoms with Crippen LogP contribution in [0.5, 0.6) is 0 Å². The molecule has 4 nitrogen and oxygen atoms in total. The van der Waals surface area contributed by atoms with Crippen molar-refractivity contribution in [3.63, 3.8) is 0 Å². The normalized spacial score (nSPS) is 12.1. The molecule has 12 aromatic rings. The van der Waals surface area contributed by atoms with Crippen molar-refractivity contribution in [2.45, 2.75) is 0 Å². The monoisotopic (exact) mass is 690 g/mol. The molecule has 0 aliphatic rings. The van der Waals surface area contributed by atoms with Gasteiger partial charge in [-0.3, -0.25) is 4.57 Å². The number of furan rings is 2. The summed E-state index contributed by atoms with van der Waals surface area (Å²) in [4.78, 5) is 0. The summed E-state index contributed by atoms with van der Waals surface area (Å²) in [6, 6.07) is 64.9. The summed E-state index contributed by atoms with van der Waals surface area (Å²) < 4.78 is 17.4. The van der Waals surface area contributed by atoms with Crippen LogP contribution in [0.3, 0.4) is 0 Å². The number of rotatable bonds is 4. The molecule has 54 heavy (non-hydrogen) atoms. The summed E-state index contributed by atoms with van der Waals surface area (Å²) in [6.07, 6.45) is 0. The highest BCUT2D eigenvalue weighted by molar-refractivity contribution is 6.20. The van der Waals surface area contributed by atoms with Gasteiger partial charge in [0.1, 0.15) is 16.7 Å². The van der Waals surface area contributed by atoms with Gasteiger partial charge in [-0.25, -0.2) is 0 Å². The summed E-state index contributed by atoms with van der Waals surface area (Å²) >= 11 is 0. The van der Waals surface area contributed by atoms with Crippen LogP contribution in [-0.4, -0.2) is 9.13 Å². The van der Waals surface area contributed by atoms with E-state index < -0.39 is 0 Å². The molecule has 0 saturated carbocycles. The second kappa shape index (κ2) is 11.1. The van der Waals surface area contributed by atoms with E-state index in [1.165, 1.54) is 27.2 Å². The minimum absolute atomic E-state index is 0.866. The molecule has 0 spiro atoms. The summed E-state index contributed by atoms with van der Waals surface area (Å²) in [5, 5.41) is 8.18. The highest BCUT2D eigenvalue weighted by Gasteiger charge is 2.20. The molecule has 0 atom stereocenters. The molecule has 0 aliphatic carbocycles. The van der Waals surface area contributed by atoms with Gasteiger partial charge in [-0.1, -0.05) is 109 Å². The van der Waals surface area contributed by atoms with Crippen LogP contribution in [0, 0.1) is 0 Å². The molecule has 0 radical (unpaired) electrons. The summed E-state index contributed by atoms with van der Waals surface area (Å²) in [7, 11) is 0. The Kier molecular flexibility index (Phi) is 6.02. The van der Waals surface area contributed by atoms with E-state index in [1.807, 2.05) is 24.3 Å². The minimum Gasteiger partial charge on any atom is -0.456 e. The fraction of sp³-hybridized carbons (Fsp3) is 0. The molecule has 12 rings (SSSR count). The topological polar surface area (TPSA) is 36.1 Å². The van der Waals surface area contributed by atoms with Crippen molar-refractivity contribution in [3.05, 3.63) is 182 Å². The van der Waals surface area contributed by atoms with Crippen LogP contribution in [-0.2, 0) is 0 Å². The zero-order valence-corrected chi connectivity index (χ0v) is 29.0. The van der Waals surface area contributed by atoms with Crippen LogP contribution < -0.4 is 0 Å². The Morgan fingerprint density at radius 1 is 0.296 bits per heavy atom. The van der Waals surface area contributed by atoms with Crippen LogP contribution in [0.2, 0.25) is 0 Å². The molecule has 8 aromatic carbocycles. The van der Waals surface area contributed by atoms with Crippen molar-refractivity contribution in [1.82, 2.24) is 9.13 Å². The van der Waals surface area contributed by atoms with Gasteiger partial charge in [0.25, 0.3) is 0 Å². The molecule has 0 fully saturated rings. The van der Waals surface area contributed by atoms with Crippen molar-refractivity contribution in [1.29, 1.82) is 0 Å². The number of nitrogens with zero attached hydrogens (tertiary/aromatic N) is 2. The average Bonchev–Trinajstić information content (AvgIpc) is 3.97. The maximum absolute atomic E-state index is 6.54. The molecule has 4 heterocycles. The first-order valence-corrected chi connectivity index (χ1v) is 18.3. The van der Waals surface area contributed by atoms with Gasteiger partial charge in [0.05, 0.1) is 21.9 Å². The Labute approximate surface area is 309 Å². The van der Waals surface area contributed by atoms with E-state index in [4.69, 9.17) is 8.83 Å². The first kappa shape index (κ1) is 29.3. The second-order valence-electron chi connectivity index (χ2n) is 14.1. The van der Waals surface area contributed by atoms with Crippen molar-refractivity contribution < 1.29 is 8.83 Å². The van der Waals surface area contributed by atoms with Gasteiger partial charge in [0.2, 0.25) is 5.71 Å². The molecule has 4 heteroatoms. The van der Waals surface area contributed by atoms with Gasteiger partial charge in [-0.15, -0.1) is 0 Å². The van der Waals surface area contributed by atoms with E-state index >= 15 is 0 Å². The van der Waals surface area contributed by atoms with Gasteiger partial charge in [-0.05, 0) is 95.1 Å². The molecule has 0 N–H and O–H groups in total. The predicted octanol–water partition coefficient (Wildman–Crippen LogP) is 13.9. The van der Waals surface area contributed by atoms with Crippen molar-refractivity contribution in [2.24, 2.45) is 0 Å². The molecule has 0 amide bonds. The van der Waals surface area contributed by atoms with Crippen molar-refractivity contribution >= 4 is 76.7 Å². The Bertz CT molecular complexity index is 3450. The lowest BCUT2D eigenvalue weighted by molar-refractivity contribution is 0.645. The van der Waals surface area contributed by atoms with E-state index in [2.05, 4.69) is 167 Å². The Hall–Kier alpha value is -7.30. The van der Waals surface area contributed by atoms with E-state index in [0.29, 0.717) is 0 Å². The Balaban J connectivity index is 1.01. The smallest absolute Gasteiger partial charge is 0.213 e. The molecular weight excluding hydrogens is 661 g/mol. The van der Waals surface area contributed by atoms with Crippen LogP contribution in [0.25, 0.3) is 110 Å². The Morgan fingerprint density at radius 2 is 0.907 bits per heavy atom. The van der Waals surface area contributed by atoms with Crippen LogP contribution in [0.4, 0.5) is 0 Å². The lowest BCUT2D eigenvalue weighted by atomic mass is 10.0. The SMILES string of the molecule is c1ccc(-n2c3cc(-c4cccc(-n5c6ccccc6c6cc(-c7ccc8c(c7)oc7ccccc78)ccc65)c4)ccc3c3c4ccccc4oc32)cc1. The lowest BCUT2D eigenvalue weighted by Gasteiger charge is -2.12. The summed E-state index contributed by atoms with van der Waals surface area (Å²) in [6.45, 7) is 0. The number of hydrogen-bond acceptors (Lipinski definition) is 2. The molecular formula is C50H30N2O2. The maximum Gasteiger partial charge on any atom is 0.213 e. The predicted molar refractivity (Wildman–Crippen MR) is 223 cm³/mol. The molecule has 0 aliphatic heterocycles. The largest absolute Gasteiger partial charge is 0.456 e. The average molecular weight is 691 g/mol. The third-order valence-corrected chi connectivity index (χ3v) is 11.1. The molecule has 0 saturated heterocycles. The van der Waals surface area contributed by atoms with E-state index in [1.54, 1.807) is 0 Å². The van der Waals surface area contributed by atoms with Gasteiger partial charge in [0.15, 0.2) is 0 Å². The van der Waals surface area contributed by atoms with E-state index in [-0.39, 0.29) is 0 Å². The highest BCUT2D eigenvalue weighted by atomic mass is 16.3. The van der Waals surface area contributed by atoms with Gasteiger partial charge in [-0.2, -0.15) is 0 Å². The first-order chi connectivity index (χ1) is 26.8. The van der Waals surface area contributed by atoms with Crippen LogP contribution >= 0.6 is 0 Å². The highest BCUT2D eigenvalue weighted by Crippen LogP contribution is 2.42. The van der Waals surface area contributed by atoms with Gasteiger partial charge in [0, 0.05) is 43.7 Å². The molecule has 0 unspecified atom stereocenters. The summed E-state index contributed by atoms with van der Waals surface area (Å²) in [5.41, 5.74) is 13.8. The number of para-hydroxylation sites is 4. The first-order valence-electron chi connectivity index (χ1n) is 18.3. The van der Waals surface area contributed by atoms with Gasteiger partial charge >= 0.3 is 0 Å². The quantitative estimate of drug-likeness (QED) is 0.184. The number of fused-ring (bicyclic) bond motifs is 11. The van der Waals surface area contributed by atoms with E-state index in [9.17, 15) is 0 Å². The molecule has 4 aromatic heterocycles. The standard InChI is InChI=1S/C50H30N2O2/c1-2-12-35(13-3-1)52-45-29-33(22-25-40(45)49-41-17-6-9-20-47(41)54-50(49)52)31-11-10-14-36(27-31)51-43-18-7-4-15-37(43)42-28-32(23-26-44(42)51)34-21-24-39-38-16-5-8-19-46(38)53-48(39)30-34/h1-30H. The second-order valence-corrected chi connectivity index (χ2v) is 14.1. The Morgan fingerprint density at radius 3 is 1.78 bits per heavy atom. The minimum atomic E-state index is 0.866. The number of aromatic nitrogens is 2. The zero-order valence-electron chi connectivity index (χ0n) is 29.0. The van der Waals surface area contributed by atoms with Crippen LogP contribution in [0.1, 0.15) is 0 Å². The van der Waals surface area contributed by atoms with Crippen LogP contribution in [0.15, 0.2) is 191 Å². The summed E-state index contributed by atoms with van der Waals surface area (Å²) in [5.74, 6) is 0. The third kappa shape index (κ3) is 4.19. The van der Waals surface area contributed by atoms with Crippen molar-refractivity contribution in [2.75, 3.05) is 0 Å². The fourth-order valence-electron chi connectivity index (χ4n) is 8.66. The fourth-order valence-corrected chi connectivity index (χ4v) is 8.66. The molecule has 252 valence electrons.